The summed E-state index contributed by atoms with van der Waals surface area (Å²) in [6.45, 7) is 5.48. The van der Waals surface area contributed by atoms with Crippen LogP contribution in [0.15, 0.2) is 54.9 Å². The molecule has 3 heterocycles. The number of hydrogen-bond acceptors (Lipinski definition) is 8. The number of carbonyl (C=O) groups is 3. The molecule has 2 N–H and O–H groups in total. The van der Waals surface area contributed by atoms with Crippen LogP contribution in [0.1, 0.15) is 92.1 Å². The molecule has 0 atom stereocenters. The number of carbonyl (C=O) groups excluding carboxylic acids is 3. The lowest BCUT2D eigenvalue weighted by atomic mass is 9.75. The Labute approximate surface area is 315 Å². The van der Waals surface area contributed by atoms with E-state index in [0.717, 1.165) is 55.5 Å². The second kappa shape index (κ2) is 16.1. The van der Waals surface area contributed by atoms with Gasteiger partial charge in [-0.3, -0.25) is 14.5 Å². The van der Waals surface area contributed by atoms with Crippen molar-refractivity contribution in [1.82, 2.24) is 24.8 Å². The quantitative estimate of drug-likeness (QED) is 0.108. The monoisotopic (exact) mass is 738 g/mol. The van der Waals surface area contributed by atoms with Crippen molar-refractivity contribution in [1.29, 1.82) is 0 Å². The summed E-state index contributed by atoms with van der Waals surface area (Å²) in [5, 5.41) is 7.65. The third kappa shape index (κ3) is 7.96. The van der Waals surface area contributed by atoms with Gasteiger partial charge in [0.2, 0.25) is 5.91 Å². The molecule has 2 saturated carbocycles. The van der Waals surface area contributed by atoms with Crippen LogP contribution in [0.5, 0.6) is 5.75 Å². The number of esters is 1. The summed E-state index contributed by atoms with van der Waals surface area (Å²) in [5.74, 6) is 0.507. The number of aryl methyl sites for hydroxylation is 1. The molecule has 0 unspecified atom stereocenters. The highest BCUT2D eigenvalue weighted by atomic mass is 35.5. The van der Waals surface area contributed by atoms with E-state index in [9.17, 15) is 14.4 Å². The van der Waals surface area contributed by atoms with Crippen molar-refractivity contribution in [2.24, 2.45) is 7.05 Å². The predicted octanol–water partition coefficient (Wildman–Crippen LogP) is 7.29. The lowest BCUT2D eigenvalue weighted by molar-refractivity contribution is -0.138. The van der Waals surface area contributed by atoms with Crippen LogP contribution in [0.2, 0.25) is 5.02 Å². The van der Waals surface area contributed by atoms with E-state index in [1.54, 1.807) is 36.7 Å². The van der Waals surface area contributed by atoms with E-state index < -0.39 is 11.5 Å². The highest BCUT2D eigenvalue weighted by Crippen LogP contribution is 2.44. The van der Waals surface area contributed by atoms with Crippen LogP contribution in [0.25, 0.3) is 28.5 Å². The summed E-state index contributed by atoms with van der Waals surface area (Å²) in [6, 6.07) is 11.1. The van der Waals surface area contributed by atoms with E-state index in [-0.39, 0.29) is 11.8 Å². The van der Waals surface area contributed by atoms with Gasteiger partial charge in [0.15, 0.2) is 5.82 Å². The maximum Gasteiger partial charge on any atom is 0.330 e. The Morgan fingerprint density at radius 2 is 1.75 bits per heavy atom. The maximum atomic E-state index is 13.9. The first-order valence-corrected chi connectivity index (χ1v) is 19.2. The average molecular weight is 739 g/mol. The summed E-state index contributed by atoms with van der Waals surface area (Å²) >= 11 is 6.12. The molecular weight excluding hydrogens is 692 g/mol. The Balaban J connectivity index is 1.05. The second-order valence-electron chi connectivity index (χ2n) is 14.3. The molecule has 0 spiro atoms. The minimum absolute atomic E-state index is 0.282. The van der Waals surface area contributed by atoms with E-state index in [0.29, 0.717) is 65.4 Å². The highest BCUT2D eigenvalue weighted by molar-refractivity contribution is 6.30. The van der Waals surface area contributed by atoms with E-state index in [1.165, 1.54) is 37.3 Å². The van der Waals surface area contributed by atoms with Crippen LogP contribution in [-0.4, -0.2) is 75.6 Å². The molecular formula is C41H47ClN6O5. The van der Waals surface area contributed by atoms with Crippen LogP contribution in [0, 0.1) is 0 Å². The van der Waals surface area contributed by atoms with E-state index in [4.69, 9.17) is 21.1 Å². The van der Waals surface area contributed by atoms with Crippen LogP contribution >= 0.6 is 11.6 Å². The highest BCUT2D eigenvalue weighted by Gasteiger charge is 2.45. The van der Waals surface area contributed by atoms with Crippen LogP contribution < -0.4 is 15.4 Å². The molecule has 2 aromatic carbocycles. The molecule has 2 aromatic heterocycles. The molecule has 3 aliphatic rings. The van der Waals surface area contributed by atoms with Gasteiger partial charge in [0.05, 0.1) is 17.3 Å². The van der Waals surface area contributed by atoms with E-state index in [1.807, 2.05) is 32.2 Å². The van der Waals surface area contributed by atoms with E-state index >= 15 is 0 Å². The number of ether oxygens (including phenoxy) is 2. The number of hydrogen-bond donors (Lipinski definition) is 2. The number of anilines is 1. The summed E-state index contributed by atoms with van der Waals surface area (Å²) in [6.07, 6.45) is 15.1. The SMILES string of the molecule is CCOc1cc(NC(=O)C2(NC(=O)c3ccc4c(C5CCCC5)c(-c5ncc(Cl)cn5)n(C)c4c3)CCC2)ccc1/C=C/C(=O)OCCN1CCCC1. The number of likely N-dealkylation sites (tertiary alicyclic amines) is 1. The Hall–Kier alpha value is -4.74. The zero-order valence-corrected chi connectivity index (χ0v) is 31.2. The summed E-state index contributed by atoms with van der Waals surface area (Å²) in [4.78, 5) is 51.4. The number of fused-ring (bicyclic) bond motifs is 1. The first-order chi connectivity index (χ1) is 25.7. The summed E-state index contributed by atoms with van der Waals surface area (Å²) < 4.78 is 13.3. The first kappa shape index (κ1) is 36.6. The van der Waals surface area contributed by atoms with Gasteiger partial charge in [-0.15, -0.1) is 0 Å². The fourth-order valence-corrected chi connectivity index (χ4v) is 8.03. The predicted molar refractivity (Wildman–Crippen MR) is 206 cm³/mol. The van der Waals surface area contributed by atoms with Gasteiger partial charge in [0.25, 0.3) is 5.91 Å². The average Bonchev–Trinajstić information content (AvgIpc) is 3.92. The molecule has 1 saturated heterocycles. The first-order valence-electron chi connectivity index (χ1n) is 18.8. The van der Waals surface area contributed by atoms with E-state index in [2.05, 4.69) is 30.1 Å². The fraction of sp³-hybridized carbons (Fsp3) is 0.439. The van der Waals surface area contributed by atoms with Crippen LogP contribution in [0.3, 0.4) is 0 Å². The number of nitrogens with zero attached hydrogens (tertiary/aromatic N) is 4. The van der Waals surface area contributed by atoms with Crippen LogP contribution in [-0.2, 0) is 21.4 Å². The second-order valence-corrected chi connectivity index (χ2v) is 14.8. The molecule has 7 rings (SSSR count). The minimum Gasteiger partial charge on any atom is -0.493 e. The minimum atomic E-state index is -1.04. The van der Waals surface area contributed by atoms with Crippen molar-refractivity contribution in [3.63, 3.8) is 0 Å². The third-order valence-corrected chi connectivity index (χ3v) is 11.1. The zero-order valence-electron chi connectivity index (χ0n) is 30.5. The summed E-state index contributed by atoms with van der Waals surface area (Å²) in [7, 11) is 1.98. The number of nitrogens with one attached hydrogen (secondary N) is 2. The fourth-order valence-electron chi connectivity index (χ4n) is 7.94. The van der Waals surface area contributed by atoms with Gasteiger partial charge >= 0.3 is 5.97 Å². The van der Waals surface area contributed by atoms with Crippen molar-refractivity contribution >= 4 is 52.1 Å². The molecule has 2 amide bonds. The van der Waals surface area contributed by atoms with Gasteiger partial charge in [-0.2, -0.15) is 0 Å². The Morgan fingerprint density at radius 3 is 2.45 bits per heavy atom. The smallest absolute Gasteiger partial charge is 0.330 e. The standard InChI is InChI=1S/C41H47ClN6O5/c1-3-52-34-24-31(14-11-27(34)13-16-35(49)53-22-21-48-19-6-7-20-48)45-40(51)41(17-8-18-41)46-39(50)29-12-15-32-33(23-29)47(2)37(36(32)28-9-4-5-10-28)38-43-25-30(42)26-44-38/h11-16,23-26,28H,3-10,17-22H2,1-2H3,(H,45,51)(H,46,50)/b16-13+. The maximum absolute atomic E-state index is 13.9. The van der Waals surface area contributed by atoms with Crippen molar-refractivity contribution in [2.75, 3.05) is 38.2 Å². The number of halogens is 1. The van der Waals surface area contributed by atoms with Gasteiger partial charge in [0.1, 0.15) is 17.9 Å². The Bertz CT molecular complexity index is 2010. The van der Waals surface area contributed by atoms with Crippen molar-refractivity contribution in [3.8, 4) is 17.3 Å². The molecule has 12 heteroatoms. The lowest BCUT2D eigenvalue weighted by Crippen LogP contribution is -2.61. The van der Waals surface area contributed by atoms with Gasteiger partial charge in [-0.05, 0) is 107 Å². The molecule has 3 fully saturated rings. The Morgan fingerprint density at radius 1 is 1.00 bits per heavy atom. The molecule has 4 aromatic rings. The number of rotatable bonds is 13. The van der Waals surface area contributed by atoms with Crippen molar-refractivity contribution in [2.45, 2.75) is 76.2 Å². The lowest BCUT2D eigenvalue weighted by Gasteiger charge is -2.40. The van der Waals surface area contributed by atoms with Gasteiger partial charge in [-0.1, -0.05) is 30.5 Å². The Kier molecular flexibility index (Phi) is 11.1. The molecule has 1 aliphatic heterocycles. The molecule has 53 heavy (non-hydrogen) atoms. The molecule has 278 valence electrons. The molecule has 2 aliphatic carbocycles. The van der Waals surface area contributed by atoms with Gasteiger partial charge < -0.3 is 24.7 Å². The normalized spacial score (nSPS) is 17.3. The number of aromatic nitrogens is 3. The summed E-state index contributed by atoms with van der Waals surface area (Å²) in [5.41, 5.74) is 3.72. The van der Waals surface area contributed by atoms with Gasteiger partial charge in [-0.25, -0.2) is 14.8 Å². The molecule has 0 bridgehead atoms. The van der Waals surface area contributed by atoms with Crippen molar-refractivity contribution < 1.29 is 23.9 Å². The largest absolute Gasteiger partial charge is 0.493 e. The third-order valence-electron chi connectivity index (χ3n) is 10.9. The number of amides is 2. The van der Waals surface area contributed by atoms with Crippen LogP contribution in [0.4, 0.5) is 5.69 Å². The molecule has 0 radical (unpaired) electrons. The molecule has 11 nitrogen and oxygen atoms in total. The number of benzene rings is 2. The zero-order chi connectivity index (χ0) is 37.0. The topological polar surface area (TPSA) is 128 Å². The van der Waals surface area contributed by atoms with Crippen molar-refractivity contribution in [3.05, 3.63) is 76.6 Å². The van der Waals surface area contributed by atoms with Gasteiger partial charge in [0, 0.05) is 65.8 Å².